The van der Waals surface area contributed by atoms with E-state index in [0.717, 1.165) is 11.6 Å². The van der Waals surface area contributed by atoms with Crippen molar-refractivity contribution in [3.8, 4) is 0 Å². The molecule has 0 atom stereocenters. The van der Waals surface area contributed by atoms with Crippen molar-refractivity contribution in [1.29, 1.82) is 0 Å². The highest BCUT2D eigenvalue weighted by Crippen LogP contribution is 2.16. The van der Waals surface area contributed by atoms with Crippen LogP contribution in [0.4, 0.5) is 13.6 Å². The molecule has 5 nitrogen and oxygen atoms in total. The summed E-state index contributed by atoms with van der Waals surface area (Å²) >= 11 is 0. The topological polar surface area (TPSA) is 75.6 Å². The first kappa shape index (κ1) is 19.1. The summed E-state index contributed by atoms with van der Waals surface area (Å²) in [7, 11) is 0. The highest BCUT2D eigenvalue weighted by molar-refractivity contribution is 5.88. The Labute approximate surface area is 148 Å². The Kier molecular flexibility index (Phi) is 6.84. The average Bonchev–Trinajstić information content (AvgIpc) is 2.62. The third-order valence-electron chi connectivity index (χ3n) is 3.41. The Morgan fingerprint density at radius 3 is 2.54 bits per heavy atom. The number of halogens is 2. The molecule has 0 aliphatic rings. The molecule has 0 aliphatic heterocycles. The lowest BCUT2D eigenvalue weighted by atomic mass is 10.1. The van der Waals surface area contributed by atoms with Crippen LogP contribution in [0.25, 0.3) is 6.08 Å². The number of hydrogen-bond donors (Lipinski definition) is 2. The molecule has 0 aromatic heterocycles. The Balaban J connectivity index is 1.76. The van der Waals surface area contributed by atoms with E-state index >= 15 is 0 Å². The van der Waals surface area contributed by atoms with Crippen molar-refractivity contribution in [1.82, 2.24) is 5.32 Å². The summed E-state index contributed by atoms with van der Waals surface area (Å²) in [6.07, 6.45) is 2.64. The van der Waals surface area contributed by atoms with Crippen molar-refractivity contribution in [2.45, 2.75) is 13.0 Å². The first-order valence-electron chi connectivity index (χ1n) is 7.81. The number of carbonyl (C=O) groups excluding carboxylic acids is 1. The quantitative estimate of drug-likeness (QED) is 0.731. The van der Waals surface area contributed by atoms with Crippen LogP contribution in [0.3, 0.4) is 0 Å². The molecule has 0 bridgehead atoms. The number of rotatable bonds is 7. The number of carboxylic acids is 1. The lowest BCUT2D eigenvalue weighted by Crippen LogP contribution is -2.24. The number of aromatic carboxylic acids is 1. The second-order valence-electron chi connectivity index (χ2n) is 5.34. The first-order chi connectivity index (χ1) is 12.5. The Bertz CT molecular complexity index is 807. The number of amides is 1. The minimum atomic E-state index is -1.53. The molecule has 7 heteroatoms. The zero-order valence-electron chi connectivity index (χ0n) is 13.7. The lowest BCUT2D eigenvalue weighted by molar-refractivity contribution is 0.0691. The van der Waals surface area contributed by atoms with Crippen molar-refractivity contribution >= 4 is 18.1 Å². The molecule has 0 saturated heterocycles. The summed E-state index contributed by atoms with van der Waals surface area (Å²) in [4.78, 5) is 22.2. The molecule has 2 N–H and O–H groups in total. The summed E-state index contributed by atoms with van der Waals surface area (Å²) in [5, 5.41) is 11.3. The number of nitrogens with one attached hydrogen (secondary N) is 1. The summed E-state index contributed by atoms with van der Waals surface area (Å²) in [5.41, 5.74) is 0.0755. The van der Waals surface area contributed by atoms with Gasteiger partial charge in [0, 0.05) is 12.1 Å². The van der Waals surface area contributed by atoms with Gasteiger partial charge in [-0.3, -0.25) is 0 Å². The van der Waals surface area contributed by atoms with Gasteiger partial charge in [-0.2, -0.15) is 0 Å². The molecule has 0 unspecified atom stereocenters. The molecule has 2 aromatic rings. The van der Waals surface area contributed by atoms with Crippen LogP contribution in [0.1, 0.15) is 27.9 Å². The third-order valence-corrected chi connectivity index (χ3v) is 3.41. The lowest BCUT2D eigenvalue weighted by Gasteiger charge is -2.06. The highest BCUT2D eigenvalue weighted by Gasteiger charge is 2.13. The van der Waals surface area contributed by atoms with Crippen molar-refractivity contribution in [2.75, 3.05) is 6.54 Å². The van der Waals surface area contributed by atoms with Crippen LogP contribution in [-0.2, 0) is 11.3 Å². The summed E-state index contributed by atoms with van der Waals surface area (Å²) < 4.78 is 32.3. The molecular formula is C19H17F2NO4. The van der Waals surface area contributed by atoms with Crippen molar-refractivity contribution < 1.29 is 28.2 Å². The molecule has 0 fully saturated rings. The summed E-state index contributed by atoms with van der Waals surface area (Å²) in [6.45, 7) is 0.407. The molecule has 136 valence electrons. The van der Waals surface area contributed by atoms with Gasteiger partial charge in [0.05, 0.1) is 5.56 Å². The maximum Gasteiger partial charge on any atom is 0.407 e. The van der Waals surface area contributed by atoms with Crippen LogP contribution in [0.2, 0.25) is 0 Å². The number of carboxylic acid groups (broad SMARTS) is 1. The monoisotopic (exact) mass is 361 g/mol. The second kappa shape index (κ2) is 9.31. The van der Waals surface area contributed by atoms with Gasteiger partial charge in [0.25, 0.3) is 0 Å². The van der Waals surface area contributed by atoms with E-state index in [1.165, 1.54) is 12.2 Å². The Hall–Kier alpha value is -3.22. The van der Waals surface area contributed by atoms with Gasteiger partial charge in [0.1, 0.15) is 18.2 Å². The van der Waals surface area contributed by atoms with Gasteiger partial charge in [0.15, 0.2) is 0 Å². The highest BCUT2D eigenvalue weighted by atomic mass is 19.1. The fourth-order valence-corrected chi connectivity index (χ4v) is 2.10. The van der Waals surface area contributed by atoms with E-state index in [2.05, 4.69) is 5.32 Å². The van der Waals surface area contributed by atoms with E-state index in [-0.39, 0.29) is 18.7 Å². The molecule has 2 aromatic carbocycles. The van der Waals surface area contributed by atoms with Gasteiger partial charge in [-0.1, -0.05) is 42.5 Å². The van der Waals surface area contributed by atoms with Crippen LogP contribution in [0.5, 0.6) is 0 Å². The predicted molar refractivity (Wildman–Crippen MR) is 91.6 cm³/mol. The van der Waals surface area contributed by atoms with Gasteiger partial charge in [-0.15, -0.1) is 0 Å². The van der Waals surface area contributed by atoms with E-state index in [1.807, 2.05) is 30.3 Å². The van der Waals surface area contributed by atoms with E-state index in [0.29, 0.717) is 12.5 Å². The predicted octanol–water partition coefficient (Wildman–Crippen LogP) is 3.99. The van der Waals surface area contributed by atoms with Gasteiger partial charge < -0.3 is 15.2 Å². The van der Waals surface area contributed by atoms with E-state index in [1.54, 1.807) is 0 Å². The molecule has 0 radical (unpaired) electrons. The largest absolute Gasteiger partial charge is 0.478 e. The molecule has 1 amide bonds. The van der Waals surface area contributed by atoms with Crippen molar-refractivity contribution in [3.05, 3.63) is 76.9 Å². The minimum Gasteiger partial charge on any atom is -0.478 e. The van der Waals surface area contributed by atoms with Crippen LogP contribution >= 0.6 is 0 Å². The van der Waals surface area contributed by atoms with E-state index in [4.69, 9.17) is 9.84 Å². The zero-order chi connectivity index (χ0) is 18.9. The van der Waals surface area contributed by atoms with Crippen LogP contribution < -0.4 is 5.32 Å². The molecule has 0 spiro atoms. The second-order valence-corrected chi connectivity index (χ2v) is 5.34. The number of alkyl carbamates (subject to hydrolysis) is 1. The fraction of sp³-hybridized carbons (Fsp3) is 0.158. The van der Waals surface area contributed by atoms with Crippen molar-refractivity contribution in [3.63, 3.8) is 0 Å². The number of carbonyl (C=O) groups is 2. The molecule has 0 saturated carbocycles. The molecule has 0 heterocycles. The SMILES string of the molecule is O=C(NCCC=Cc1cc(F)c(C(=O)O)cc1F)OCc1ccccc1. The van der Waals surface area contributed by atoms with E-state index in [9.17, 15) is 18.4 Å². The van der Waals surface area contributed by atoms with Gasteiger partial charge >= 0.3 is 12.1 Å². The number of ether oxygens (including phenoxy) is 1. The average molecular weight is 361 g/mol. The van der Waals surface area contributed by atoms with Gasteiger partial charge in [-0.25, -0.2) is 18.4 Å². The van der Waals surface area contributed by atoms with Gasteiger partial charge in [-0.05, 0) is 24.1 Å². The summed E-state index contributed by atoms with van der Waals surface area (Å²) in [6, 6.07) is 10.7. The number of benzene rings is 2. The molecule has 0 aliphatic carbocycles. The maximum atomic E-state index is 13.7. The van der Waals surface area contributed by atoms with Crippen LogP contribution in [0.15, 0.2) is 48.5 Å². The van der Waals surface area contributed by atoms with Gasteiger partial charge in [0.2, 0.25) is 0 Å². The first-order valence-corrected chi connectivity index (χ1v) is 7.81. The zero-order valence-corrected chi connectivity index (χ0v) is 13.7. The minimum absolute atomic E-state index is 0.0702. The smallest absolute Gasteiger partial charge is 0.407 e. The Morgan fingerprint density at radius 1 is 1.12 bits per heavy atom. The third kappa shape index (κ3) is 5.70. The van der Waals surface area contributed by atoms with Crippen LogP contribution in [-0.4, -0.2) is 23.7 Å². The molecular weight excluding hydrogens is 344 g/mol. The molecule has 2 rings (SSSR count). The standard InChI is InChI=1S/C19H17F2NO4/c20-16-11-15(18(23)24)17(21)10-14(16)8-4-5-9-22-19(25)26-12-13-6-2-1-3-7-13/h1-4,6-8,10-11H,5,9,12H2,(H,22,25)(H,23,24). The fourth-order valence-electron chi connectivity index (χ4n) is 2.10. The van der Waals surface area contributed by atoms with E-state index < -0.39 is 29.3 Å². The molecule has 26 heavy (non-hydrogen) atoms. The number of hydrogen-bond acceptors (Lipinski definition) is 3. The normalized spacial score (nSPS) is 10.7. The van der Waals surface area contributed by atoms with Crippen molar-refractivity contribution in [2.24, 2.45) is 0 Å². The Morgan fingerprint density at radius 2 is 1.85 bits per heavy atom. The maximum absolute atomic E-state index is 13.7. The summed E-state index contributed by atoms with van der Waals surface area (Å²) in [5.74, 6) is -3.38. The van der Waals surface area contributed by atoms with Crippen LogP contribution in [0, 0.1) is 11.6 Å².